The smallest absolute Gasteiger partial charge is 0.747 e. The molecule has 0 aliphatic carbocycles. The van der Waals surface area contributed by atoms with Crippen LogP contribution in [0.1, 0.15) is 218 Å². The Hall–Kier alpha value is 0.840. The van der Waals surface area contributed by atoms with Crippen LogP contribution in [0.2, 0.25) is 0 Å². The molecule has 3 atom stereocenters. The third kappa shape index (κ3) is 57.1. The Morgan fingerprint density at radius 2 is 0.469 bits per heavy atom. The fraction of sp³-hybridized carbons (Fsp3) is 0.667. The van der Waals surface area contributed by atoms with E-state index in [2.05, 4.69) is 98.8 Å². The van der Waals surface area contributed by atoms with E-state index in [1.807, 2.05) is 39.0 Å². The molecule has 0 aromatic heterocycles. The second-order valence-corrected chi connectivity index (χ2v) is 31.9. The van der Waals surface area contributed by atoms with Crippen molar-refractivity contribution in [1.82, 2.24) is 0 Å². The number of rotatable bonds is 36. The zero-order valence-corrected chi connectivity index (χ0v) is 62.6. The Labute approximate surface area is 555 Å². The van der Waals surface area contributed by atoms with Gasteiger partial charge < -0.3 is 43.0 Å². The topological polar surface area (TPSA) is 344 Å². The van der Waals surface area contributed by atoms with Crippen molar-refractivity contribution < 1.29 is 171 Å². The third-order valence-corrected chi connectivity index (χ3v) is 22.5. The molecule has 0 spiro atoms. The van der Waals surface area contributed by atoms with E-state index in [0.29, 0.717) is 19.3 Å². The van der Waals surface area contributed by atoms with Gasteiger partial charge in [0.15, 0.2) is 15.0 Å². The van der Waals surface area contributed by atoms with E-state index in [1.165, 1.54) is 33.4 Å². The van der Waals surface area contributed by atoms with Gasteiger partial charge in [0.1, 0.15) is 30.4 Å². The van der Waals surface area contributed by atoms with Crippen molar-refractivity contribution in [3.8, 4) is 0 Å². The molecule has 0 saturated carbocycles. The van der Waals surface area contributed by atoms with Crippen LogP contribution in [-0.2, 0) is 44.0 Å². The summed E-state index contributed by atoms with van der Waals surface area (Å²) in [4.78, 5) is 47.5. The average molecular weight is 1290 g/mol. The van der Waals surface area contributed by atoms with Crippen molar-refractivity contribution in [2.45, 2.75) is 233 Å². The molecule has 0 heterocycles. The second kappa shape index (κ2) is 48.7. The van der Waals surface area contributed by atoms with Crippen LogP contribution in [0.4, 0.5) is 0 Å². The molecule has 18 nitrogen and oxygen atoms in total. The van der Waals surface area contributed by atoms with E-state index >= 15 is 0 Å². The minimum atomic E-state index is -5.01. The molecule has 3 unspecified atom stereocenters. The van der Waals surface area contributed by atoms with Crippen LogP contribution in [0.3, 0.4) is 0 Å². The summed E-state index contributed by atoms with van der Waals surface area (Å²) in [6.45, 7) is 24.8. The first-order valence-electron chi connectivity index (χ1n) is 26.3. The van der Waals surface area contributed by atoms with Gasteiger partial charge in [-0.25, -0.2) is 25.3 Å². The van der Waals surface area contributed by atoms with E-state index in [0.717, 1.165) is 93.8 Å². The van der Waals surface area contributed by atoms with Crippen molar-refractivity contribution in [1.29, 1.82) is 0 Å². The molecule has 456 valence electrons. The molecule has 0 aliphatic heterocycles. The molecule has 0 aromatic carbocycles. The van der Waals surface area contributed by atoms with Gasteiger partial charge in [-0.15, -0.1) is 0 Å². The first-order chi connectivity index (χ1) is 35.5. The minimum absolute atomic E-state index is 0. The summed E-state index contributed by atoms with van der Waals surface area (Å²) in [7, 11) is -29.8. The Kier molecular flexibility index (Phi) is 55.9. The van der Waals surface area contributed by atoms with Gasteiger partial charge in [0.25, 0.3) is 0 Å². The zero-order chi connectivity index (χ0) is 61.1. The fourth-order valence-electron chi connectivity index (χ4n) is 7.38. The zero-order valence-electron chi connectivity index (χ0n) is 51.4. The van der Waals surface area contributed by atoms with Crippen molar-refractivity contribution in [2.24, 2.45) is 0 Å². The monoisotopic (exact) mass is 1290 g/mol. The Balaban J connectivity index is -0.000000256. The van der Waals surface area contributed by atoms with E-state index < -0.39 is 68.1 Å². The summed E-state index contributed by atoms with van der Waals surface area (Å²) in [5.74, 6) is 0. The standard InChI is InChI=1S/3C18H33O6PS.3Na/c3*1-15(2)9-7-11-17(4)13-8-12-16(3)10-5-6-14-18(25(19,20)21)26(22,23)24;;;/h3*9-10,13,18H,5-8,11-12,14H2,1-4H3,(H2,19,20,21)(H,22,23,24);;;/q;;;3*+1/p-3/b3*16-10+,17-13+;;;. The molecule has 0 rings (SSSR count). The molecule has 27 heteroatoms. The maximum Gasteiger partial charge on any atom is 1.00 e. The number of allylic oxidation sites excluding steroid dienone is 18. The predicted octanol–water partition coefficient (Wildman–Crippen LogP) is 4.89. The molecule has 81 heavy (non-hydrogen) atoms. The number of hydrogen-bond donors (Lipinski definition) is 6. The van der Waals surface area contributed by atoms with E-state index in [9.17, 15) is 52.6 Å². The molecule has 0 bridgehead atoms. The second-order valence-electron chi connectivity index (χ2n) is 20.8. The van der Waals surface area contributed by atoms with Crippen molar-refractivity contribution in [3.63, 3.8) is 0 Å². The number of hydrogen-bond acceptors (Lipinski definition) is 12. The fourth-order valence-corrected chi connectivity index (χ4v) is 14.3. The molecular weight excluding hydrogens is 1190 g/mol. The van der Waals surface area contributed by atoms with Crippen LogP contribution in [-0.4, -0.2) is 83.2 Å². The van der Waals surface area contributed by atoms with Gasteiger partial charge in [-0.05, 0) is 218 Å². The van der Waals surface area contributed by atoms with Crippen LogP contribution in [0.25, 0.3) is 0 Å². The summed E-state index contributed by atoms with van der Waals surface area (Å²) in [6, 6.07) is 0. The van der Waals surface area contributed by atoms with Gasteiger partial charge in [-0.3, -0.25) is 13.7 Å². The largest absolute Gasteiger partial charge is 1.00 e. The van der Waals surface area contributed by atoms with Crippen molar-refractivity contribution >= 4 is 53.1 Å². The van der Waals surface area contributed by atoms with Crippen molar-refractivity contribution in [2.75, 3.05) is 0 Å². The summed E-state index contributed by atoms with van der Waals surface area (Å²) in [6.07, 6.45) is 31.9. The maximum atomic E-state index is 11.1. The van der Waals surface area contributed by atoms with Crippen molar-refractivity contribution in [3.05, 3.63) is 105 Å². The normalized spacial score (nSPS) is 14.5. The van der Waals surface area contributed by atoms with Crippen LogP contribution in [0.5, 0.6) is 0 Å². The first kappa shape index (κ1) is 93.0. The van der Waals surface area contributed by atoms with E-state index in [4.69, 9.17) is 29.4 Å². The summed E-state index contributed by atoms with van der Waals surface area (Å²) < 4.78 is 132. The van der Waals surface area contributed by atoms with Gasteiger partial charge in [0.2, 0.25) is 0 Å². The predicted molar refractivity (Wildman–Crippen MR) is 314 cm³/mol. The summed E-state index contributed by atoms with van der Waals surface area (Å²) in [5, 5.41) is 0. The molecular formula is C54H96Na3O18P3S3. The quantitative estimate of drug-likeness (QED) is 0.0160. The minimum Gasteiger partial charge on any atom is -0.747 e. The molecule has 0 radical (unpaired) electrons. The summed E-state index contributed by atoms with van der Waals surface area (Å²) >= 11 is 0. The summed E-state index contributed by atoms with van der Waals surface area (Å²) in [5.41, 5.74) is 11.4. The van der Waals surface area contributed by atoms with E-state index in [-0.39, 0.29) is 127 Å². The number of unbranched alkanes of at least 4 members (excludes halogenated alkanes) is 3. The Morgan fingerprint density at radius 3 is 0.605 bits per heavy atom. The van der Waals surface area contributed by atoms with Crippen LogP contribution >= 0.6 is 22.8 Å². The molecule has 0 amide bonds. The Morgan fingerprint density at radius 1 is 0.321 bits per heavy atom. The molecule has 0 saturated heterocycles. The van der Waals surface area contributed by atoms with E-state index in [1.54, 1.807) is 0 Å². The first-order valence-corrected chi connectivity index (χ1v) is 35.8. The van der Waals surface area contributed by atoms with Gasteiger partial charge in [-0.1, -0.05) is 105 Å². The maximum absolute atomic E-state index is 11.1. The van der Waals surface area contributed by atoms with Crippen LogP contribution in [0, 0.1) is 0 Å². The molecule has 0 aliphatic rings. The Bertz CT molecular complexity index is 2300. The molecule has 0 fully saturated rings. The average Bonchev–Trinajstić information content (AvgIpc) is 3.23. The third-order valence-electron chi connectivity index (χ3n) is 11.9. The molecule has 6 N–H and O–H groups in total. The van der Waals surface area contributed by atoms with Crippen LogP contribution < -0.4 is 88.7 Å². The van der Waals surface area contributed by atoms with Gasteiger partial charge >= 0.3 is 111 Å². The van der Waals surface area contributed by atoms with Gasteiger partial charge in [-0.2, -0.15) is 0 Å². The van der Waals surface area contributed by atoms with Gasteiger partial charge in [0, 0.05) is 0 Å². The molecule has 0 aromatic rings. The van der Waals surface area contributed by atoms with Gasteiger partial charge in [0.05, 0.1) is 0 Å². The SMILES string of the molecule is CC(C)=CCC/C(C)=C/CC/C(C)=C/CCCC(P(=O)(O)O)S(=O)(=O)[O-].CC(C)=CCC/C(C)=C/CC/C(C)=C/CCCC(P(=O)(O)O)S(=O)(=O)[O-].CC(C)=CCC/C(C)=C/CC/C(C)=C/CCCC(P(=O)(O)O)S(=O)(=O)[O-].[Na+].[Na+].[Na+]. The van der Waals surface area contributed by atoms with Crippen LogP contribution in [0.15, 0.2) is 105 Å².